The van der Waals surface area contributed by atoms with E-state index in [0.717, 1.165) is 28.2 Å². The molecule has 0 bridgehead atoms. The molecule has 1 heterocycles. The highest BCUT2D eigenvalue weighted by molar-refractivity contribution is 5.91. The molecule has 0 aliphatic rings. The maximum atomic E-state index is 11.6. The molecular formula is C25H30N4O3. The fraction of sp³-hybridized carbons (Fsp3) is 0.280. The monoisotopic (exact) mass is 434 g/mol. The number of H-pyrrole nitrogens is 1. The van der Waals surface area contributed by atoms with Crippen molar-refractivity contribution in [1.29, 1.82) is 0 Å². The van der Waals surface area contributed by atoms with Gasteiger partial charge in [-0.25, -0.2) is 9.78 Å². The molecule has 0 aliphatic carbocycles. The zero-order valence-corrected chi connectivity index (χ0v) is 18.7. The van der Waals surface area contributed by atoms with Crippen molar-refractivity contribution >= 4 is 5.97 Å². The highest BCUT2D eigenvalue weighted by Crippen LogP contribution is 2.28. The van der Waals surface area contributed by atoms with Crippen LogP contribution in [0.25, 0.3) is 11.3 Å². The third-order valence-electron chi connectivity index (χ3n) is 5.42. The zero-order chi connectivity index (χ0) is 23.3. The highest BCUT2D eigenvalue weighted by Gasteiger charge is 2.25. The third-order valence-corrected chi connectivity index (χ3v) is 5.42. The van der Waals surface area contributed by atoms with E-state index < -0.39 is 5.97 Å². The smallest absolute Gasteiger partial charge is 0.339 e. The van der Waals surface area contributed by atoms with Crippen molar-refractivity contribution < 1.29 is 14.6 Å². The molecule has 3 aromatic rings. The summed E-state index contributed by atoms with van der Waals surface area (Å²) in [5.41, 5.74) is 10.5. The summed E-state index contributed by atoms with van der Waals surface area (Å²) in [7, 11) is 1.46. The number of nitrogens with two attached hydrogens (primary N) is 1. The van der Waals surface area contributed by atoms with E-state index in [9.17, 15) is 9.90 Å². The molecule has 0 saturated heterocycles. The first kappa shape index (κ1) is 23.2. The molecule has 1 unspecified atom stereocenters. The van der Waals surface area contributed by atoms with Gasteiger partial charge in [-0.15, -0.1) is 6.58 Å². The Hall–Kier alpha value is -3.42. The van der Waals surface area contributed by atoms with Crippen molar-refractivity contribution in [1.82, 2.24) is 14.9 Å². The van der Waals surface area contributed by atoms with Gasteiger partial charge in [0, 0.05) is 6.54 Å². The predicted octanol–water partition coefficient (Wildman–Crippen LogP) is 4.60. The van der Waals surface area contributed by atoms with Gasteiger partial charge in [-0.3, -0.25) is 4.90 Å². The second kappa shape index (κ2) is 10.3. The summed E-state index contributed by atoms with van der Waals surface area (Å²) in [6.45, 7) is 8.42. The first-order valence-electron chi connectivity index (χ1n) is 10.5. The molecule has 3 rings (SSSR count). The van der Waals surface area contributed by atoms with Crippen LogP contribution in [0.3, 0.4) is 0 Å². The van der Waals surface area contributed by atoms with E-state index in [-0.39, 0.29) is 17.8 Å². The number of imidazole rings is 1. The Balaban J connectivity index is 1.91. The first-order chi connectivity index (χ1) is 15.3. The minimum Gasteiger partial charge on any atom is -0.496 e. The number of ether oxygens (including phenoxy) is 1. The quantitative estimate of drug-likeness (QED) is 0.318. The molecule has 0 fully saturated rings. The molecule has 1 aromatic heterocycles. The zero-order valence-electron chi connectivity index (χ0n) is 18.7. The Bertz CT molecular complexity index is 1080. The summed E-state index contributed by atoms with van der Waals surface area (Å²) >= 11 is 0. The van der Waals surface area contributed by atoms with Crippen molar-refractivity contribution in [2.24, 2.45) is 5.73 Å². The minimum absolute atomic E-state index is 0.121. The lowest BCUT2D eigenvalue weighted by Gasteiger charge is -2.33. The van der Waals surface area contributed by atoms with Crippen LogP contribution in [0.1, 0.15) is 48.1 Å². The van der Waals surface area contributed by atoms with E-state index in [2.05, 4.69) is 21.4 Å². The minimum atomic E-state index is -1.03. The molecule has 2 atom stereocenters. The highest BCUT2D eigenvalue weighted by atomic mass is 16.5. The molecule has 7 nitrogen and oxygen atoms in total. The van der Waals surface area contributed by atoms with Crippen molar-refractivity contribution in [2.45, 2.75) is 39.0 Å². The van der Waals surface area contributed by atoms with E-state index in [4.69, 9.17) is 10.5 Å². The van der Waals surface area contributed by atoms with Gasteiger partial charge in [-0.05, 0) is 43.5 Å². The molecule has 0 saturated carbocycles. The van der Waals surface area contributed by atoms with Crippen LogP contribution in [0.15, 0.2) is 66.9 Å². The fourth-order valence-corrected chi connectivity index (χ4v) is 3.72. The number of nitrogens with zero attached hydrogens (tertiary/aromatic N) is 2. The fourth-order valence-electron chi connectivity index (χ4n) is 3.72. The molecule has 0 aliphatic heterocycles. The lowest BCUT2D eigenvalue weighted by atomic mass is 10.1. The molecule has 168 valence electrons. The van der Waals surface area contributed by atoms with E-state index in [0.29, 0.717) is 18.7 Å². The summed E-state index contributed by atoms with van der Waals surface area (Å²) in [6.07, 6.45) is 2.11. The number of nitrogens with one attached hydrogen (secondary N) is 1. The lowest BCUT2D eigenvalue weighted by molar-refractivity contribution is 0.0693. The Morgan fingerprint density at radius 3 is 2.62 bits per heavy atom. The topological polar surface area (TPSA) is 104 Å². The number of aromatic carboxylic acids is 1. The Labute approximate surface area is 188 Å². The Kier molecular flexibility index (Phi) is 7.45. The number of benzene rings is 2. The van der Waals surface area contributed by atoms with Gasteiger partial charge in [0.25, 0.3) is 0 Å². The number of carbonyl (C=O) groups is 1. The van der Waals surface area contributed by atoms with E-state index in [1.54, 1.807) is 12.1 Å². The van der Waals surface area contributed by atoms with Gasteiger partial charge >= 0.3 is 5.97 Å². The second-order valence-corrected chi connectivity index (χ2v) is 7.96. The Morgan fingerprint density at radius 1 is 1.28 bits per heavy atom. The largest absolute Gasteiger partial charge is 0.496 e. The van der Waals surface area contributed by atoms with Crippen molar-refractivity contribution in [2.75, 3.05) is 7.11 Å². The van der Waals surface area contributed by atoms with Gasteiger partial charge in [0.05, 0.1) is 31.2 Å². The van der Waals surface area contributed by atoms with Gasteiger partial charge in [-0.1, -0.05) is 42.0 Å². The van der Waals surface area contributed by atoms with E-state index in [1.165, 1.54) is 7.11 Å². The SMILES string of the molecule is C=C(C)CC(N)N(Cc1ccc(OC)c(C(=O)O)c1)[C@@H](C)c1ncc(-c2ccccc2)[nH]1. The molecule has 32 heavy (non-hydrogen) atoms. The molecular weight excluding hydrogens is 404 g/mol. The number of rotatable bonds is 10. The number of aromatic amines is 1. The number of carboxylic acids is 1. The first-order valence-corrected chi connectivity index (χ1v) is 10.5. The average Bonchev–Trinajstić information content (AvgIpc) is 3.27. The lowest BCUT2D eigenvalue weighted by Crippen LogP contribution is -2.43. The average molecular weight is 435 g/mol. The molecule has 4 N–H and O–H groups in total. The summed E-state index contributed by atoms with van der Waals surface area (Å²) < 4.78 is 5.18. The van der Waals surface area contributed by atoms with Crippen LogP contribution in [-0.2, 0) is 6.54 Å². The number of hydrogen-bond acceptors (Lipinski definition) is 5. The number of methoxy groups -OCH3 is 1. The van der Waals surface area contributed by atoms with Crippen LogP contribution in [0, 0.1) is 0 Å². The Morgan fingerprint density at radius 2 is 2.00 bits per heavy atom. The van der Waals surface area contributed by atoms with Crippen LogP contribution in [0.4, 0.5) is 0 Å². The standard InChI is InChI=1S/C25H30N4O3/c1-16(2)12-23(26)29(15-18-10-11-22(32-4)20(13-18)25(30)31)17(3)24-27-14-21(28-24)19-8-6-5-7-9-19/h5-11,13-14,17,23H,1,12,15,26H2,2-4H3,(H,27,28)(H,30,31)/t17-,23?/m0/s1. The normalized spacial score (nSPS) is 13.0. The number of aromatic nitrogens is 2. The van der Waals surface area contributed by atoms with Crippen molar-refractivity contribution in [3.8, 4) is 17.0 Å². The van der Waals surface area contributed by atoms with Gasteiger partial charge in [0.1, 0.15) is 17.1 Å². The number of carboxylic acid groups (broad SMARTS) is 1. The summed E-state index contributed by atoms with van der Waals surface area (Å²) in [5, 5.41) is 9.54. The molecule has 0 radical (unpaired) electrons. The summed E-state index contributed by atoms with van der Waals surface area (Å²) in [6, 6.07) is 15.0. The van der Waals surface area contributed by atoms with Gasteiger partial charge in [0.2, 0.25) is 0 Å². The van der Waals surface area contributed by atoms with E-state index >= 15 is 0 Å². The summed E-state index contributed by atoms with van der Waals surface area (Å²) in [4.78, 5) is 21.7. The number of hydrogen-bond donors (Lipinski definition) is 3. The maximum absolute atomic E-state index is 11.6. The van der Waals surface area contributed by atoms with Crippen LogP contribution in [0.5, 0.6) is 5.75 Å². The second-order valence-electron chi connectivity index (χ2n) is 7.96. The third kappa shape index (κ3) is 5.43. The van der Waals surface area contributed by atoms with E-state index in [1.807, 2.05) is 56.4 Å². The van der Waals surface area contributed by atoms with Gasteiger partial charge < -0.3 is 20.6 Å². The summed E-state index contributed by atoms with van der Waals surface area (Å²) in [5.74, 6) is 0.0756. The van der Waals surface area contributed by atoms with Crippen LogP contribution < -0.4 is 10.5 Å². The maximum Gasteiger partial charge on any atom is 0.339 e. The molecule has 0 spiro atoms. The molecule has 0 amide bonds. The van der Waals surface area contributed by atoms with Gasteiger partial charge in [-0.2, -0.15) is 0 Å². The molecule has 2 aromatic carbocycles. The van der Waals surface area contributed by atoms with Crippen LogP contribution in [0.2, 0.25) is 0 Å². The van der Waals surface area contributed by atoms with Crippen molar-refractivity contribution in [3.05, 3.63) is 83.8 Å². The van der Waals surface area contributed by atoms with Gasteiger partial charge in [0.15, 0.2) is 0 Å². The van der Waals surface area contributed by atoms with Crippen LogP contribution >= 0.6 is 0 Å². The van der Waals surface area contributed by atoms with Crippen molar-refractivity contribution in [3.63, 3.8) is 0 Å². The molecule has 7 heteroatoms. The van der Waals surface area contributed by atoms with Crippen LogP contribution in [-0.4, -0.2) is 39.2 Å². The predicted molar refractivity (Wildman–Crippen MR) is 125 cm³/mol.